The van der Waals surface area contributed by atoms with E-state index in [1.165, 1.54) is 0 Å². The molecular formula is C13H22N2O4S2. The first-order valence-corrected chi connectivity index (χ1v) is 10.1. The second kappa shape index (κ2) is 6.76. The predicted molar refractivity (Wildman–Crippen MR) is 85.0 cm³/mol. The SMILES string of the molecule is CCNc1cc(C)c(S(=O)(=O)NCCS(C)(=O)=O)c(C)c1. The summed E-state index contributed by atoms with van der Waals surface area (Å²) in [7, 11) is -6.92. The van der Waals surface area contributed by atoms with Gasteiger partial charge in [0.2, 0.25) is 10.0 Å². The molecule has 0 aliphatic carbocycles. The van der Waals surface area contributed by atoms with E-state index in [4.69, 9.17) is 0 Å². The van der Waals surface area contributed by atoms with Crippen molar-refractivity contribution >= 4 is 25.5 Å². The molecule has 6 nitrogen and oxygen atoms in total. The minimum Gasteiger partial charge on any atom is -0.385 e. The molecule has 1 aromatic rings. The van der Waals surface area contributed by atoms with E-state index in [1.54, 1.807) is 26.0 Å². The lowest BCUT2D eigenvalue weighted by molar-refractivity contribution is 0.581. The molecule has 1 aromatic carbocycles. The molecule has 0 bridgehead atoms. The monoisotopic (exact) mass is 334 g/mol. The molecule has 1 rings (SSSR count). The Kier molecular flexibility index (Phi) is 5.77. The van der Waals surface area contributed by atoms with Crippen molar-refractivity contribution in [3.05, 3.63) is 23.3 Å². The molecule has 0 aliphatic rings. The number of benzene rings is 1. The number of hydrogen-bond donors (Lipinski definition) is 2. The van der Waals surface area contributed by atoms with Crippen LogP contribution in [0.1, 0.15) is 18.1 Å². The highest BCUT2D eigenvalue weighted by molar-refractivity contribution is 7.91. The van der Waals surface area contributed by atoms with Gasteiger partial charge in [0.15, 0.2) is 0 Å². The zero-order valence-electron chi connectivity index (χ0n) is 12.7. The molecular weight excluding hydrogens is 312 g/mol. The quantitative estimate of drug-likeness (QED) is 0.778. The third kappa shape index (κ3) is 5.29. The maximum Gasteiger partial charge on any atom is 0.241 e. The molecule has 0 atom stereocenters. The highest BCUT2D eigenvalue weighted by atomic mass is 32.2. The van der Waals surface area contributed by atoms with E-state index in [-0.39, 0.29) is 17.2 Å². The molecule has 0 radical (unpaired) electrons. The molecule has 0 heterocycles. The van der Waals surface area contributed by atoms with Crippen molar-refractivity contribution in [2.24, 2.45) is 0 Å². The Hall–Kier alpha value is -1.12. The maximum absolute atomic E-state index is 12.3. The average Bonchev–Trinajstić information content (AvgIpc) is 2.25. The van der Waals surface area contributed by atoms with Gasteiger partial charge in [-0.1, -0.05) is 0 Å². The van der Waals surface area contributed by atoms with Crippen molar-refractivity contribution in [1.29, 1.82) is 0 Å². The van der Waals surface area contributed by atoms with Crippen LogP contribution in [-0.4, -0.2) is 41.9 Å². The number of hydrogen-bond acceptors (Lipinski definition) is 5. The van der Waals surface area contributed by atoms with Gasteiger partial charge in [0.25, 0.3) is 0 Å². The fraction of sp³-hybridized carbons (Fsp3) is 0.538. The second-order valence-corrected chi connectivity index (χ2v) is 8.96. The molecule has 0 saturated heterocycles. The van der Waals surface area contributed by atoms with E-state index in [0.717, 1.165) is 18.5 Å². The highest BCUT2D eigenvalue weighted by Gasteiger charge is 2.20. The molecule has 0 aliphatic heterocycles. The van der Waals surface area contributed by atoms with Crippen LogP contribution >= 0.6 is 0 Å². The first kappa shape index (κ1) is 17.9. The Balaban J connectivity index is 3.03. The lowest BCUT2D eigenvalue weighted by Crippen LogP contribution is -2.30. The zero-order valence-corrected chi connectivity index (χ0v) is 14.4. The molecule has 0 saturated carbocycles. The summed E-state index contributed by atoms with van der Waals surface area (Å²) in [6.45, 7) is 6.02. The van der Waals surface area contributed by atoms with Gasteiger partial charge in [-0.2, -0.15) is 0 Å². The second-order valence-electron chi connectivity index (χ2n) is 5.00. The Morgan fingerprint density at radius 3 is 2.00 bits per heavy atom. The number of sulfonamides is 1. The van der Waals surface area contributed by atoms with Crippen LogP contribution in [0.3, 0.4) is 0 Å². The fourth-order valence-electron chi connectivity index (χ4n) is 2.11. The van der Waals surface area contributed by atoms with Crippen LogP contribution in [0, 0.1) is 13.8 Å². The predicted octanol–water partition coefficient (Wildman–Crippen LogP) is 1.06. The van der Waals surface area contributed by atoms with Crippen LogP contribution in [0.15, 0.2) is 17.0 Å². The standard InChI is InChI=1S/C13H22N2O4S2/c1-5-14-12-8-10(2)13(11(3)9-12)21(18,19)15-6-7-20(4,16)17/h8-9,14-15H,5-7H2,1-4H3. The van der Waals surface area contributed by atoms with Crippen molar-refractivity contribution in [3.8, 4) is 0 Å². The van der Waals surface area contributed by atoms with E-state index in [2.05, 4.69) is 10.0 Å². The fourth-order valence-corrected chi connectivity index (χ4v) is 4.20. The van der Waals surface area contributed by atoms with Crippen LogP contribution in [0.4, 0.5) is 5.69 Å². The van der Waals surface area contributed by atoms with Crippen molar-refractivity contribution in [2.75, 3.05) is 30.4 Å². The van der Waals surface area contributed by atoms with Gasteiger partial charge >= 0.3 is 0 Å². The van der Waals surface area contributed by atoms with Crippen molar-refractivity contribution < 1.29 is 16.8 Å². The van der Waals surface area contributed by atoms with Gasteiger partial charge in [-0.25, -0.2) is 21.6 Å². The smallest absolute Gasteiger partial charge is 0.241 e. The summed E-state index contributed by atoms with van der Waals surface area (Å²) in [5.74, 6) is -0.222. The Morgan fingerprint density at radius 2 is 1.57 bits per heavy atom. The van der Waals surface area contributed by atoms with Crippen LogP contribution in [-0.2, 0) is 19.9 Å². The van der Waals surface area contributed by atoms with Gasteiger partial charge in [-0.15, -0.1) is 0 Å². The van der Waals surface area contributed by atoms with E-state index in [9.17, 15) is 16.8 Å². The Bertz CT molecular complexity index is 687. The molecule has 0 unspecified atom stereocenters. The van der Waals surface area contributed by atoms with Crippen LogP contribution in [0.2, 0.25) is 0 Å². The first-order chi connectivity index (χ1) is 9.57. The van der Waals surface area contributed by atoms with Gasteiger partial charge in [0.1, 0.15) is 9.84 Å². The van der Waals surface area contributed by atoms with Crippen molar-refractivity contribution in [2.45, 2.75) is 25.7 Å². The number of rotatable bonds is 7. The normalized spacial score (nSPS) is 12.4. The van der Waals surface area contributed by atoms with E-state index >= 15 is 0 Å². The summed E-state index contributed by atoms with van der Waals surface area (Å²) in [5.41, 5.74) is 2.11. The van der Waals surface area contributed by atoms with Gasteiger partial charge in [-0.05, 0) is 44.0 Å². The van der Waals surface area contributed by atoms with E-state index < -0.39 is 19.9 Å². The van der Waals surface area contributed by atoms with E-state index in [0.29, 0.717) is 11.1 Å². The lowest BCUT2D eigenvalue weighted by Gasteiger charge is -2.14. The number of nitrogens with one attached hydrogen (secondary N) is 2. The Labute approximate surface area is 126 Å². The number of aryl methyl sites for hydroxylation is 2. The first-order valence-electron chi connectivity index (χ1n) is 6.59. The van der Waals surface area contributed by atoms with Crippen molar-refractivity contribution in [1.82, 2.24) is 4.72 Å². The average molecular weight is 334 g/mol. The molecule has 0 spiro atoms. The summed E-state index contributed by atoms with van der Waals surface area (Å²) in [6.07, 6.45) is 1.07. The minimum atomic E-state index is -3.72. The number of anilines is 1. The van der Waals surface area contributed by atoms with Gasteiger partial charge in [-0.3, -0.25) is 0 Å². The van der Waals surface area contributed by atoms with Gasteiger partial charge < -0.3 is 5.32 Å². The Morgan fingerprint density at radius 1 is 1.05 bits per heavy atom. The van der Waals surface area contributed by atoms with Crippen LogP contribution in [0.25, 0.3) is 0 Å². The third-order valence-corrected chi connectivity index (χ3v) is 5.59. The van der Waals surface area contributed by atoms with E-state index in [1.807, 2.05) is 6.92 Å². The molecule has 21 heavy (non-hydrogen) atoms. The molecule has 0 fully saturated rings. The lowest BCUT2D eigenvalue weighted by atomic mass is 10.1. The molecule has 8 heteroatoms. The summed E-state index contributed by atoms with van der Waals surface area (Å²) < 4.78 is 49.1. The summed E-state index contributed by atoms with van der Waals surface area (Å²) in [6, 6.07) is 3.53. The largest absolute Gasteiger partial charge is 0.385 e. The number of sulfone groups is 1. The molecule has 2 N–H and O–H groups in total. The summed E-state index contributed by atoms with van der Waals surface area (Å²) in [4.78, 5) is 0.206. The molecule has 0 aromatic heterocycles. The molecule has 0 amide bonds. The van der Waals surface area contributed by atoms with Crippen LogP contribution < -0.4 is 10.0 Å². The zero-order chi connectivity index (χ0) is 16.3. The van der Waals surface area contributed by atoms with Crippen molar-refractivity contribution in [3.63, 3.8) is 0 Å². The van der Waals surface area contributed by atoms with Gasteiger partial charge in [0.05, 0.1) is 10.6 Å². The maximum atomic E-state index is 12.3. The summed E-state index contributed by atoms with van der Waals surface area (Å²) >= 11 is 0. The topological polar surface area (TPSA) is 92.3 Å². The van der Waals surface area contributed by atoms with Gasteiger partial charge in [0, 0.05) is 25.0 Å². The highest BCUT2D eigenvalue weighted by Crippen LogP contribution is 2.24. The third-order valence-electron chi connectivity index (χ3n) is 2.87. The minimum absolute atomic E-state index is 0.130. The summed E-state index contributed by atoms with van der Waals surface area (Å²) in [5, 5.41) is 3.14. The van der Waals surface area contributed by atoms with Crippen LogP contribution in [0.5, 0.6) is 0 Å². The molecule has 120 valence electrons.